The predicted molar refractivity (Wildman–Crippen MR) is 65.1 cm³/mol. The molecular formula is C13H18N2O. The first-order valence-corrected chi connectivity index (χ1v) is 5.84. The van der Waals surface area contributed by atoms with E-state index in [1.165, 1.54) is 12.8 Å². The molecule has 0 saturated heterocycles. The molecule has 3 heteroatoms. The Bertz CT molecular complexity index is 348. The van der Waals surface area contributed by atoms with Gasteiger partial charge in [-0.1, -0.05) is 41.9 Å². The summed E-state index contributed by atoms with van der Waals surface area (Å²) in [6.45, 7) is 0.525. The molecule has 3 nitrogen and oxygen atoms in total. The van der Waals surface area contributed by atoms with Crippen LogP contribution in [-0.4, -0.2) is 11.8 Å². The van der Waals surface area contributed by atoms with Crippen molar-refractivity contribution in [2.75, 3.05) is 0 Å². The van der Waals surface area contributed by atoms with E-state index in [0.717, 1.165) is 24.1 Å². The molecular weight excluding hydrogens is 200 g/mol. The third-order valence-corrected chi connectivity index (χ3v) is 2.88. The average Bonchev–Trinajstić information content (AvgIpc) is 2.33. The average molecular weight is 218 g/mol. The van der Waals surface area contributed by atoms with Gasteiger partial charge in [0.15, 0.2) is 0 Å². The predicted octanol–water partition coefficient (Wildman–Crippen LogP) is 2.46. The highest BCUT2D eigenvalue weighted by Crippen LogP contribution is 2.14. The molecule has 1 unspecified atom stereocenters. The van der Waals surface area contributed by atoms with Crippen molar-refractivity contribution < 1.29 is 4.84 Å². The van der Waals surface area contributed by atoms with Gasteiger partial charge in [0.1, 0.15) is 6.61 Å². The molecule has 86 valence electrons. The van der Waals surface area contributed by atoms with E-state index in [1.54, 1.807) is 0 Å². The van der Waals surface area contributed by atoms with Gasteiger partial charge in [-0.3, -0.25) is 0 Å². The maximum absolute atomic E-state index is 5.95. The van der Waals surface area contributed by atoms with Crippen molar-refractivity contribution in [1.82, 2.24) is 0 Å². The highest BCUT2D eigenvalue weighted by molar-refractivity contribution is 5.89. The highest BCUT2D eigenvalue weighted by Gasteiger charge is 2.16. The number of benzene rings is 1. The first-order valence-electron chi connectivity index (χ1n) is 5.84. The second-order valence-electron chi connectivity index (χ2n) is 4.19. The van der Waals surface area contributed by atoms with Crippen LogP contribution in [0.3, 0.4) is 0 Å². The Morgan fingerprint density at radius 1 is 1.25 bits per heavy atom. The van der Waals surface area contributed by atoms with Crippen LogP contribution in [0.25, 0.3) is 0 Å². The van der Waals surface area contributed by atoms with Gasteiger partial charge in [-0.15, -0.1) is 0 Å². The van der Waals surface area contributed by atoms with E-state index in [9.17, 15) is 0 Å². The normalized spacial score (nSPS) is 23.3. The molecule has 0 bridgehead atoms. The number of oxime groups is 1. The zero-order chi connectivity index (χ0) is 11.2. The first kappa shape index (κ1) is 11.1. The molecule has 0 aromatic heterocycles. The molecule has 0 amide bonds. The number of hydrogen-bond acceptors (Lipinski definition) is 3. The quantitative estimate of drug-likeness (QED) is 0.792. The van der Waals surface area contributed by atoms with Gasteiger partial charge in [-0.25, -0.2) is 0 Å². The van der Waals surface area contributed by atoms with Gasteiger partial charge in [-0.05, 0) is 24.8 Å². The topological polar surface area (TPSA) is 47.6 Å². The van der Waals surface area contributed by atoms with E-state index in [0.29, 0.717) is 6.61 Å². The Labute approximate surface area is 96.3 Å². The number of nitrogens with zero attached hydrogens (tertiary/aromatic N) is 1. The van der Waals surface area contributed by atoms with Crippen molar-refractivity contribution in [3.63, 3.8) is 0 Å². The molecule has 1 aliphatic carbocycles. The smallest absolute Gasteiger partial charge is 0.142 e. The molecule has 0 heterocycles. The molecule has 0 spiro atoms. The van der Waals surface area contributed by atoms with Crippen LogP contribution in [-0.2, 0) is 11.4 Å². The second-order valence-corrected chi connectivity index (χ2v) is 4.19. The van der Waals surface area contributed by atoms with Crippen LogP contribution < -0.4 is 5.73 Å². The van der Waals surface area contributed by atoms with Crippen LogP contribution in [0.1, 0.15) is 31.2 Å². The standard InChI is InChI=1S/C13H18N2O/c14-12-8-4-5-9-13(12)15-16-10-11-6-2-1-3-7-11/h1-3,6-7,12H,4-5,8-10,14H2. The van der Waals surface area contributed by atoms with Gasteiger partial charge >= 0.3 is 0 Å². The van der Waals surface area contributed by atoms with E-state index in [1.807, 2.05) is 30.3 Å². The van der Waals surface area contributed by atoms with Crippen molar-refractivity contribution in [3.8, 4) is 0 Å². The van der Waals surface area contributed by atoms with Crippen LogP contribution in [0.5, 0.6) is 0 Å². The lowest BCUT2D eigenvalue weighted by Crippen LogP contribution is -2.33. The van der Waals surface area contributed by atoms with Crippen molar-refractivity contribution in [3.05, 3.63) is 35.9 Å². The van der Waals surface area contributed by atoms with Crippen molar-refractivity contribution in [2.45, 2.75) is 38.3 Å². The fourth-order valence-corrected chi connectivity index (χ4v) is 1.90. The van der Waals surface area contributed by atoms with Gasteiger partial charge in [0.05, 0.1) is 5.71 Å². The SMILES string of the molecule is NC1CCCCC1=NOCc1ccccc1. The lowest BCUT2D eigenvalue weighted by Gasteiger charge is -2.19. The molecule has 2 N–H and O–H groups in total. The molecule has 1 aromatic rings. The van der Waals surface area contributed by atoms with Crippen LogP contribution >= 0.6 is 0 Å². The molecule has 2 rings (SSSR count). The Morgan fingerprint density at radius 3 is 2.81 bits per heavy atom. The molecule has 1 fully saturated rings. The fraction of sp³-hybridized carbons (Fsp3) is 0.462. The molecule has 0 aliphatic heterocycles. The molecule has 1 atom stereocenters. The Hall–Kier alpha value is -1.35. The molecule has 1 saturated carbocycles. The van der Waals surface area contributed by atoms with Gasteiger partial charge in [0, 0.05) is 6.04 Å². The summed E-state index contributed by atoms with van der Waals surface area (Å²) in [5.74, 6) is 0. The maximum Gasteiger partial charge on any atom is 0.142 e. The van der Waals surface area contributed by atoms with Gasteiger partial charge in [0.2, 0.25) is 0 Å². The van der Waals surface area contributed by atoms with Gasteiger partial charge in [-0.2, -0.15) is 0 Å². The third-order valence-electron chi connectivity index (χ3n) is 2.88. The van der Waals surface area contributed by atoms with Crippen LogP contribution in [0.4, 0.5) is 0 Å². The summed E-state index contributed by atoms with van der Waals surface area (Å²) in [4.78, 5) is 5.34. The highest BCUT2D eigenvalue weighted by atomic mass is 16.6. The summed E-state index contributed by atoms with van der Waals surface area (Å²) in [6.07, 6.45) is 4.41. The summed E-state index contributed by atoms with van der Waals surface area (Å²) in [5.41, 5.74) is 8.10. The van der Waals surface area contributed by atoms with E-state index in [-0.39, 0.29) is 6.04 Å². The number of hydrogen-bond donors (Lipinski definition) is 1. The van der Waals surface area contributed by atoms with E-state index in [4.69, 9.17) is 10.6 Å². The zero-order valence-corrected chi connectivity index (χ0v) is 9.43. The Morgan fingerprint density at radius 2 is 2.06 bits per heavy atom. The van der Waals surface area contributed by atoms with Crippen molar-refractivity contribution >= 4 is 5.71 Å². The molecule has 16 heavy (non-hydrogen) atoms. The second kappa shape index (κ2) is 5.66. The summed E-state index contributed by atoms with van der Waals surface area (Å²) in [6, 6.07) is 10.1. The summed E-state index contributed by atoms with van der Waals surface area (Å²) in [7, 11) is 0. The minimum atomic E-state index is 0.101. The van der Waals surface area contributed by atoms with Crippen molar-refractivity contribution in [1.29, 1.82) is 0 Å². The lowest BCUT2D eigenvalue weighted by atomic mass is 9.94. The molecule has 1 aromatic carbocycles. The zero-order valence-electron chi connectivity index (χ0n) is 9.43. The maximum atomic E-state index is 5.95. The minimum absolute atomic E-state index is 0.101. The Kier molecular flexibility index (Phi) is 3.94. The summed E-state index contributed by atoms with van der Waals surface area (Å²) < 4.78 is 0. The third kappa shape index (κ3) is 3.07. The van der Waals surface area contributed by atoms with Crippen LogP contribution in [0, 0.1) is 0 Å². The summed E-state index contributed by atoms with van der Waals surface area (Å²) >= 11 is 0. The fourth-order valence-electron chi connectivity index (χ4n) is 1.90. The molecule has 1 aliphatic rings. The molecule has 0 radical (unpaired) electrons. The van der Waals surface area contributed by atoms with Gasteiger partial charge < -0.3 is 10.6 Å². The van der Waals surface area contributed by atoms with Crippen LogP contribution in [0.2, 0.25) is 0 Å². The van der Waals surface area contributed by atoms with E-state index >= 15 is 0 Å². The largest absolute Gasteiger partial charge is 0.391 e. The van der Waals surface area contributed by atoms with Crippen LogP contribution in [0.15, 0.2) is 35.5 Å². The summed E-state index contributed by atoms with van der Waals surface area (Å²) in [5, 5.41) is 4.15. The van der Waals surface area contributed by atoms with Gasteiger partial charge in [0.25, 0.3) is 0 Å². The number of rotatable bonds is 3. The Balaban J connectivity index is 1.84. The minimum Gasteiger partial charge on any atom is -0.391 e. The monoisotopic (exact) mass is 218 g/mol. The van der Waals surface area contributed by atoms with Crippen molar-refractivity contribution in [2.24, 2.45) is 10.9 Å². The van der Waals surface area contributed by atoms with E-state index in [2.05, 4.69) is 5.16 Å². The number of nitrogens with two attached hydrogens (primary N) is 1. The first-order chi connectivity index (χ1) is 7.86. The van der Waals surface area contributed by atoms with E-state index < -0.39 is 0 Å². The lowest BCUT2D eigenvalue weighted by molar-refractivity contribution is 0.128.